The lowest BCUT2D eigenvalue weighted by atomic mass is 9.92. The Balaban J connectivity index is 1.92. The summed E-state index contributed by atoms with van der Waals surface area (Å²) in [4.78, 5) is 12.3. The monoisotopic (exact) mass is 289 g/mol. The number of aryl methyl sites for hydroxylation is 1. The number of para-hydroxylation sites is 1. The maximum absolute atomic E-state index is 12.3. The van der Waals surface area contributed by atoms with Crippen molar-refractivity contribution >= 4 is 11.6 Å². The second kappa shape index (κ2) is 7.46. The van der Waals surface area contributed by atoms with Crippen LogP contribution in [0.1, 0.15) is 45.1 Å². The van der Waals surface area contributed by atoms with Gasteiger partial charge in [-0.3, -0.25) is 10.1 Å². The van der Waals surface area contributed by atoms with Crippen LogP contribution in [-0.2, 0) is 4.79 Å². The van der Waals surface area contributed by atoms with E-state index in [2.05, 4.69) is 42.8 Å². The van der Waals surface area contributed by atoms with Crippen LogP contribution in [0.5, 0.6) is 0 Å². The van der Waals surface area contributed by atoms with Crippen LogP contribution in [0.25, 0.3) is 0 Å². The summed E-state index contributed by atoms with van der Waals surface area (Å²) < 4.78 is 0. The molecule has 0 bridgehead atoms. The van der Waals surface area contributed by atoms with Crippen LogP contribution in [0, 0.1) is 12.8 Å². The lowest BCUT2D eigenvalue weighted by Gasteiger charge is -2.36. The Morgan fingerprint density at radius 1 is 1.24 bits per heavy atom. The molecule has 4 heteroatoms. The number of carbonyl (C=O) groups is 1. The van der Waals surface area contributed by atoms with E-state index < -0.39 is 0 Å². The number of unbranched alkanes of at least 4 members (excludes halogenated alkanes) is 2. The van der Waals surface area contributed by atoms with Crippen LogP contribution in [0.15, 0.2) is 24.3 Å². The molecule has 0 aliphatic carbocycles. The molecule has 1 saturated heterocycles. The molecule has 21 heavy (non-hydrogen) atoms. The van der Waals surface area contributed by atoms with Gasteiger partial charge in [0.25, 0.3) is 0 Å². The van der Waals surface area contributed by atoms with Crippen molar-refractivity contribution in [1.29, 1.82) is 0 Å². The number of nitrogens with one attached hydrogen (secondary N) is 3. The normalized spacial score (nSPS) is 25.5. The highest BCUT2D eigenvalue weighted by molar-refractivity contribution is 5.80. The van der Waals surface area contributed by atoms with Gasteiger partial charge in [-0.15, -0.1) is 0 Å². The van der Waals surface area contributed by atoms with E-state index in [-0.39, 0.29) is 24.2 Å². The topological polar surface area (TPSA) is 53.2 Å². The minimum Gasteiger partial charge on any atom is -0.353 e. The Bertz CT molecular complexity index is 475. The molecule has 2 rings (SSSR count). The molecule has 3 atom stereocenters. The second-order valence-corrected chi connectivity index (χ2v) is 5.96. The first-order valence-electron chi connectivity index (χ1n) is 8.00. The minimum absolute atomic E-state index is 0.0754. The van der Waals surface area contributed by atoms with Gasteiger partial charge in [-0.05, 0) is 31.9 Å². The SMILES string of the molecule is CCCCCC1C(=O)NC(Nc2ccccc2C)NC1C. The van der Waals surface area contributed by atoms with Gasteiger partial charge in [-0.2, -0.15) is 0 Å². The highest BCUT2D eigenvalue weighted by atomic mass is 16.2. The lowest BCUT2D eigenvalue weighted by molar-refractivity contribution is -0.129. The Hall–Kier alpha value is -1.55. The van der Waals surface area contributed by atoms with Crippen LogP contribution in [0.3, 0.4) is 0 Å². The molecule has 3 N–H and O–H groups in total. The number of hydrogen-bond acceptors (Lipinski definition) is 3. The number of amides is 1. The smallest absolute Gasteiger partial charge is 0.227 e. The largest absolute Gasteiger partial charge is 0.353 e. The van der Waals surface area contributed by atoms with Gasteiger partial charge in [0.05, 0.1) is 5.92 Å². The van der Waals surface area contributed by atoms with Gasteiger partial charge >= 0.3 is 0 Å². The van der Waals surface area contributed by atoms with Crippen molar-refractivity contribution in [3.63, 3.8) is 0 Å². The van der Waals surface area contributed by atoms with Gasteiger partial charge in [0.2, 0.25) is 5.91 Å². The first-order valence-corrected chi connectivity index (χ1v) is 8.00. The van der Waals surface area contributed by atoms with Crippen molar-refractivity contribution in [3.8, 4) is 0 Å². The maximum atomic E-state index is 12.3. The molecule has 1 aromatic carbocycles. The number of benzene rings is 1. The summed E-state index contributed by atoms with van der Waals surface area (Å²) >= 11 is 0. The third-order valence-electron chi connectivity index (χ3n) is 4.22. The third kappa shape index (κ3) is 4.21. The van der Waals surface area contributed by atoms with Crippen molar-refractivity contribution in [2.45, 2.75) is 58.8 Å². The highest BCUT2D eigenvalue weighted by Crippen LogP contribution is 2.19. The second-order valence-electron chi connectivity index (χ2n) is 5.96. The number of carbonyl (C=O) groups excluding carboxylic acids is 1. The fourth-order valence-electron chi connectivity index (χ4n) is 2.86. The van der Waals surface area contributed by atoms with Crippen molar-refractivity contribution in [1.82, 2.24) is 10.6 Å². The zero-order valence-electron chi connectivity index (χ0n) is 13.3. The fraction of sp³-hybridized carbons (Fsp3) is 0.588. The summed E-state index contributed by atoms with van der Waals surface area (Å²) in [5, 5.41) is 9.85. The van der Waals surface area contributed by atoms with E-state index in [1.807, 2.05) is 18.2 Å². The summed E-state index contributed by atoms with van der Waals surface area (Å²) in [5.41, 5.74) is 2.22. The molecule has 3 unspecified atom stereocenters. The van der Waals surface area contributed by atoms with Crippen molar-refractivity contribution < 1.29 is 4.79 Å². The summed E-state index contributed by atoms with van der Waals surface area (Å²) in [5.74, 6) is 0.231. The first-order chi connectivity index (χ1) is 10.1. The molecule has 4 nitrogen and oxygen atoms in total. The van der Waals surface area contributed by atoms with Crippen LogP contribution in [-0.4, -0.2) is 18.2 Å². The summed E-state index contributed by atoms with van der Waals surface area (Å²) in [6.07, 6.45) is 4.27. The summed E-state index contributed by atoms with van der Waals surface area (Å²) in [7, 11) is 0. The molecular weight excluding hydrogens is 262 g/mol. The molecule has 1 aliphatic heterocycles. The quantitative estimate of drug-likeness (QED) is 0.706. The first kappa shape index (κ1) is 15.8. The summed E-state index contributed by atoms with van der Waals surface area (Å²) in [6.45, 7) is 6.34. The van der Waals surface area contributed by atoms with Crippen molar-refractivity contribution in [2.75, 3.05) is 5.32 Å². The Morgan fingerprint density at radius 2 is 2.00 bits per heavy atom. The maximum Gasteiger partial charge on any atom is 0.227 e. The average Bonchev–Trinajstić information content (AvgIpc) is 2.44. The van der Waals surface area contributed by atoms with Crippen LogP contribution < -0.4 is 16.0 Å². The van der Waals surface area contributed by atoms with Crippen molar-refractivity contribution in [2.24, 2.45) is 5.92 Å². The van der Waals surface area contributed by atoms with E-state index in [4.69, 9.17) is 0 Å². The molecule has 1 amide bonds. The molecule has 1 fully saturated rings. The number of hydrogen-bond donors (Lipinski definition) is 3. The molecule has 1 aromatic rings. The van der Waals surface area contributed by atoms with Gasteiger partial charge in [0.1, 0.15) is 0 Å². The van der Waals surface area contributed by atoms with Crippen molar-refractivity contribution in [3.05, 3.63) is 29.8 Å². The Kier molecular flexibility index (Phi) is 5.62. The predicted molar refractivity (Wildman–Crippen MR) is 87.0 cm³/mol. The molecule has 116 valence electrons. The molecule has 0 radical (unpaired) electrons. The van der Waals surface area contributed by atoms with E-state index in [1.54, 1.807) is 0 Å². The average molecular weight is 289 g/mol. The van der Waals surface area contributed by atoms with E-state index >= 15 is 0 Å². The van der Waals surface area contributed by atoms with E-state index in [1.165, 1.54) is 18.4 Å². The van der Waals surface area contributed by atoms with Crippen LogP contribution >= 0.6 is 0 Å². The molecule has 0 saturated carbocycles. The number of anilines is 1. The zero-order chi connectivity index (χ0) is 15.2. The van der Waals surface area contributed by atoms with Crippen LogP contribution in [0.2, 0.25) is 0 Å². The molecule has 0 aromatic heterocycles. The van der Waals surface area contributed by atoms with Gasteiger partial charge < -0.3 is 10.6 Å². The highest BCUT2D eigenvalue weighted by Gasteiger charge is 2.32. The number of rotatable bonds is 6. The molecular formula is C17H27N3O. The predicted octanol–water partition coefficient (Wildman–Crippen LogP) is 2.99. The standard InChI is InChI=1S/C17H27N3O/c1-4-5-6-10-14-13(3)18-17(20-16(14)21)19-15-11-8-7-9-12(15)2/h7-9,11,13-14,17-19H,4-6,10H2,1-3H3,(H,20,21). The van der Waals surface area contributed by atoms with Gasteiger partial charge in [-0.25, -0.2) is 0 Å². The Morgan fingerprint density at radius 3 is 2.67 bits per heavy atom. The molecule has 0 spiro atoms. The third-order valence-corrected chi connectivity index (χ3v) is 4.22. The zero-order valence-corrected chi connectivity index (χ0v) is 13.3. The van der Waals surface area contributed by atoms with E-state index in [0.717, 1.165) is 18.5 Å². The Labute approximate surface area is 127 Å². The van der Waals surface area contributed by atoms with E-state index in [9.17, 15) is 4.79 Å². The van der Waals surface area contributed by atoms with Gasteiger partial charge in [0, 0.05) is 11.7 Å². The molecule has 1 aliphatic rings. The van der Waals surface area contributed by atoms with Gasteiger partial charge in [0.15, 0.2) is 6.29 Å². The molecule has 1 heterocycles. The summed E-state index contributed by atoms with van der Waals surface area (Å²) in [6, 6.07) is 8.29. The lowest BCUT2D eigenvalue weighted by Crippen LogP contribution is -2.63. The fourth-order valence-corrected chi connectivity index (χ4v) is 2.86. The van der Waals surface area contributed by atoms with Gasteiger partial charge in [-0.1, -0.05) is 44.4 Å². The minimum atomic E-state index is -0.198. The van der Waals surface area contributed by atoms with Crippen LogP contribution in [0.4, 0.5) is 5.69 Å². The van der Waals surface area contributed by atoms with E-state index in [0.29, 0.717) is 0 Å².